The maximum absolute atomic E-state index is 6.07. The first kappa shape index (κ1) is 15.8. The summed E-state index contributed by atoms with van der Waals surface area (Å²) in [6.45, 7) is 4.51. The van der Waals surface area contributed by atoms with E-state index in [0.29, 0.717) is 17.5 Å². The molecule has 0 fully saturated rings. The van der Waals surface area contributed by atoms with Gasteiger partial charge in [-0.2, -0.15) is 0 Å². The van der Waals surface area contributed by atoms with Crippen molar-refractivity contribution < 1.29 is 9.57 Å². The molecule has 1 unspecified atom stereocenters. The number of nitrogens with zero attached hydrogens (tertiary/aromatic N) is 1. The van der Waals surface area contributed by atoms with E-state index >= 15 is 0 Å². The molecule has 0 spiro atoms. The molecule has 0 saturated carbocycles. The Balaban J connectivity index is 1.93. The average molecular weight is 334 g/mol. The van der Waals surface area contributed by atoms with Gasteiger partial charge in [0.2, 0.25) is 0 Å². The molecule has 2 rings (SSSR count). The van der Waals surface area contributed by atoms with Crippen molar-refractivity contribution in [3.63, 3.8) is 0 Å². The van der Waals surface area contributed by atoms with E-state index in [1.165, 1.54) is 0 Å². The number of hydrogen-bond donors (Lipinski definition) is 0. The fourth-order valence-electron chi connectivity index (χ4n) is 1.76. The minimum absolute atomic E-state index is 0.361. The molecule has 1 aliphatic heterocycles. The molecule has 3 nitrogen and oxygen atoms in total. The number of benzene rings is 1. The Morgan fingerprint density at radius 1 is 1.50 bits per heavy atom. The van der Waals surface area contributed by atoms with Crippen LogP contribution in [-0.2, 0) is 10.6 Å². The average Bonchev–Trinajstić information content (AvgIpc) is 2.83. The fourth-order valence-corrected chi connectivity index (χ4v) is 3.09. The molecule has 0 bridgehead atoms. The molecule has 0 saturated heterocycles. The molecular weight excluding hydrogens is 317 g/mol. The number of rotatable bonds is 5. The van der Waals surface area contributed by atoms with Gasteiger partial charge < -0.3 is 9.57 Å². The minimum Gasteiger partial charge on any atom is -0.492 e. The van der Waals surface area contributed by atoms with Crippen molar-refractivity contribution in [3.05, 3.63) is 28.8 Å². The van der Waals surface area contributed by atoms with Gasteiger partial charge in [0.1, 0.15) is 10.8 Å². The van der Waals surface area contributed by atoms with Gasteiger partial charge in [-0.15, -0.1) is 23.4 Å². The molecule has 0 radical (unpaired) electrons. The lowest BCUT2D eigenvalue weighted by atomic mass is 10.1. The van der Waals surface area contributed by atoms with Gasteiger partial charge in [-0.3, -0.25) is 0 Å². The minimum atomic E-state index is -0.361. The monoisotopic (exact) mass is 333 g/mol. The lowest BCUT2D eigenvalue weighted by Gasteiger charge is -2.16. The van der Waals surface area contributed by atoms with E-state index in [-0.39, 0.29) is 5.60 Å². The van der Waals surface area contributed by atoms with Crippen molar-refractivity contribution in [2.24, 2.45) is 5.16 Å². The predicted molar refractivity (Wildman–Crippen MR) is 86.2 cm³/mol. The van der Waals surface area contributed by atoms with Crippen molar-refractivity contribution in [1.29, 1.82) is 0 Å². The Kier molecular flexibility index (Phi) is 5.47. The summed E-state index contributed by atoms with van der Waals surface area (Å²) in [6.07, 6.45) is 0.757. The molecule has 0 aromatic heterocycles. The van der Waals surface area contributed by atoms with E-state index < -0.39 is 0 Å². The standard InChI is InChI=1S/C14H17Cl2NO2S/c1-3-18-12-6-10(4-5-11(12)16)8-20-13-7-14(2,9-15)19-17-13/h4-6H,3,7-9H2,1-2H3. The highest BCUT2D eigenvalue weighted by Gasteiger charge is 2.33. The number of halogens is 2. The second kappa shape index (κ2) is 6.92. The van der Waals surface area contributed by atoms with Crippen LogP contribution in [0.1, 0.15) is 25.8 Å². The Morgan fingerprint density at radius 2 is 2.30 bits per heavy atom. The zero-order chi connectivity index (χ0) is 14.6. The Labute approximate surface area is 133 Å². The van der Waals surface area contributed by atoms with Gasteiger partial charge in [0.25, 0.3) is 0 Å². The summed E-state index contributed by atoms with van der Waals surface area (Å²) < 4.78 is 5.49. The lowest BCUT2D eigenvalue weighted by molar-refractivity contribution is 0.0152. The lowest BCUT2D eigenvalue weighted by Crippen LogP contribution is -2.26. The number of ether oxygens (including phenoxy) is 1. The first-order valence-electron chi connectivity index (χ1n) is 6.41. The predicted octanol–water partition coefficient (Wildman–Crippen LogP) is 4.70. The fraction of sp³-hybridized carbons (Fsp3) is 0.500. The van der Waals surface area contributed by atoms with Gasteiger partial charge in [-0.1, -0.05) is 22.8 Å². The highest BCUT2D eigenvalue weighted by Crippen LogP contribution is 2.32. The van der Waals surface area contributed by atoms with Crippen LogP contribution in [0.2, 0.25) is 5.02 Å². The van der Waals surface area contributed by atoms with Gasteiger partial charge in [0, 0.05) is 12.2 Å². The van der Waals surface area contributed by atoms with Crippen LogP contribution in [0.25, 0.3) is 0 Å². The first-order chi connectivity index (χ1) is 9.56. The highest BCUT2D eigenvalue weighted by molar-refractivity contribution is 8.13. The zero-order valence-electron chi connectivity index (χ0n) is 11.5. The second-order valence-corrected chi connectivity index (χ2v) is 6.55. The molecule has 6 heteroatoms. The van der Waals surface area contributed by atoms with Crippen LogP contribution in [0.3, 0.4) is 0 Å². The van der Waals surface area contributed by atoms with Crippen molar-refractivity contribution in [3.8, 4) is 5.75 Å². The van der Waals surface area contributed by atoms with Gasteiger partial charge in [0.15, 0.2) is 5.60 Å². The van der Waals surface area contributed by atoms with E-state index in [2.05, 4.69) is 5.16 Å². The molecular formula is C14H17Cl2NO2S. The van der Waals surface area contributed by atoms with Crippen LogP contribution < -0.4 is 4.74 Å². The summed E-state index contributed by atoms with van der Waals surface area (Å²) in [5.74, 6) is 1.97. The summed E-state index contributed by atoms with van der Waals surface area (Å²) in [6, 6.07) is 5.82. The molecule has 1 aromatic rings. The summed E-state index contributed by atoms with van der Waals surface area (Å²) >= 11 is 13.6. The van der Waals surface area contributed by atoms with Crippen LogP contribution in [0.5, 0.6) is 5.75 Å². The molecule has 0 N–H and O–H groups in total. The van der Waals surface area contributed by atoms with Gasteiger partial charge in [-0.05, 0) is 31.5 Å². The first-order valence-corrected chi connectivity index (χ1v) is 8.31. The van der Waals surface area contributed by atoms with E-state index in [1.807, 2.05) is 32.0 Å². The van der Waals surface area contributed by atoms with Crippen molar-refractivity contribution in [2.75, 3.05) is 12.5 Å². The molecule has 1 heterocycles. The molecule has 20 heavy (non-hydrogen) atoms. The van der Waals surface area contributed by atoms with Gasteiger partial charge >= 0.3 is 0 Å². The molecule has 0 amide bonds. The largest absolute Gasteiger partial charge is 0.492 e. The van der Waals surface area contributed by atoms with Crippen LogP contribution in [0.4, 0.5) is 0 Å². The summed E-state index contributed by atoms with van der Waals surface area (Å²) in [5.41, 5.74) is 0.783. The third-order valence-corrected chi connectivity index (χ3v) is 4.78. The summed E-state index contributed by atoms with van der Waals surface area (Å²) in [4.78, 5) is 5.36. The number of oxime groups is 1. The smallest absolute Gasteiger partial charge is 0.154 e. The summed E-state index contributed by atoms with van der Waals surface area (Å²) in [7, 11) is 0. The number of hydrogen-bond acceptors (Lipinski definition) is 4. The zero-order valence-corrected chi connectivity index (χ0v) is 13.8. The van der Waals surface area contributed by atoms with Crippen LogP contribution in [0.15, 0.2) is 23.4 Å². The molecule has 1 atom stereocenters. The molecule has 110 valence electrons. The molecule has 1 aromatic carbocycles. The van der Waals surface area contributed by atoms with E-state index in [9.17, 15) is 0 Å². The highest BCUT2D eigenvalue weighted by atomic mass is 35.5. The topological polar surface area (TPSA) is 30.8 Å². The van der Waals surface area contributed by atoms with Gasteiger partial charge in [-0.25, -0.2) is 0 Å². The van der Waals surface area contributed by atoms with E-state index in [1.54, 1.807) is 11.8 Å². The maximum atomic E-state index is 6.07. The van der Waals surface area contributed by atoms with Crippen LogP contribution in [-0.4, -0.2) is 23.1 Å². The quantitative estimate of drug-likeness (QED) is 0.731. The number of thioether (sulfide) groups is 1. The summed E-state index contributed by atoms with van der Waals surface area (Å²) in [5, 5.41) is 5.70. The molecule has 0 aliphatic carbocycles. The van der Waals surface area contributed by atoms with Crippen LogP contribution in [0, 0.1) is 0 Å². The Bertz CT molecular complexity index is 510. The third kappa shape index (κ3) is 3.96. The number of alkyl halides is 1. The van der Waals surface area contributed by atoms with Crippen molar-refractivity contribution >= 4 is 40.0 Å². The maximum Gasteiger partial charge on any atom is 0.154 e. The van der Waals surface area contributed by atoms with E-state index in [4.69, 9.17) is 32.8 Å². The normalized spacial score (nSPS) is 21.5. The third-order valence-electron chi connectivity index (χ3n) is 2.88. The molecule has 1 aliphatic rings. The van der Waals surface area contributed by atoms with E-state index in [0.717, 1.165) is 28.5 Å². The second-order valence-electron chi connectivity index (χ2n) is 4.82. The Hall–Kier alpha value is -0.580. The van der Waals surface area contributed by atoms with Crippen LogP contribution >= 0.6 is 35.0 Å². The van der Waals surface area contributed by atoms with Crippen molar-refractivity contribution in [2.45, 2.75) is 31.6 Å². The SMILES string of the molecule is CCOc1cc(CSC2=NOC(C)(CCl)C2)ccc1Cl. The Morgan fingerprint density at radius 3 is 2.95 bits per heavy atom. The van der Waals surface area contributed by atoms with Gasteiger partial charge in [0.05, 0.1) is 17.5 Å². The van der Waals surface area contributed by atoms with Crippen molar-refractivity contribution in [1.82, 2.24) is 0 Å².